The molecule has 0 aliphatic rings. The van der Waals surface area contributed by atoms with Crippen LogP contribution in [0.4, 0.5) is 0 Å². The zero-order valence-corrected chi connectivity index (χ0v) is 7.86. The van der Waals surface area contributed by atoms with Gasteiger partial charge in [0.25, 0.3) is 0 Å². The molecular formula is C11H15NO. The number of benzene rings is 1. The lowest BCUT2D eigenvalue weighted by molar-refractivity contribution is -0.109. The maximum absolute atomic E-state index is 10.7. The van der Waals surface area contributed by atoms with E-state index in [1.807, 2.05) is 30.3 Å². The van der Waals surface area contributed by atoms with Gasteiger partial charge < -0.3 is 10.1 Å². The first-order valence-electron chi connectivity index (χ1n) is 4.62. The molecule has 0 radical (unpaired) electrons. The number of hydrogen-bond acceptors (Lipinski definition) is 2. The number of rotatable bonds is 5. The molecule has 1 aromatic rings. The molecule has 0 aliphatic heterocycles. The van der Waals surface area contributed by atoms with Crippen molar-refractivity contribution in [2.45, 2.75) is 19.4 Å². The van der Waals surface area contributed by atoms with Gasteiger partial charge in [-0.15, -0.1) is 0 Å². The molecule has 1 rings (SSSR count). The Hall–Kier alpha value is -1.15. The van der Waals surface area contributed by atoms with E-state index in [0.29, 0.717) is 0 Å². The van der Waals surface area contributed by atoms with E-state index in [4.69, 9.17) is 0 Å². The Morgan fingerprint density at radius 3 is 2.62 bits per heavy atom. The zero-order chi connectivity index (χ0) is 9.52. The van der Waals surface area contributed by atoms with E-state index in [1.54, 1.807) is 0 Å². The maximum Gasteiger partial charge on any atom is 0.141 e. The van der Waals surface area contributed by atoms with Crippen molar-refractivity contribution in [3.8, 4) is 0 Å². The predicted molar refractivity (Wildman–Crippen MR) is 53.5 cm³/mol. The van der Waals surface area contributed by atoms with Gasteiger partial charge in [-0.25, -0.2) is 0 Å². The largest absolute Gasteiger partial charge is 0.304 e. The van der Waals surface area contributed by atoms with Gasteiger partial charge in [0.1, 0.15) is 6.29 Å². The van der Waals surface area contributed by atoms with Gasteiger partial charge in [-0.1, -0.05) is 37.3 Å². The highest BCUT2D eigenvalue weighted by Gasteiger charge is 2.06. The molecule has 0 heterocycles. The van der Waals surface area contributed by atoms with E-state index >= 15 is 0 Å². The second-order valence-corrected chi connectivity index (χ2v) is 2.98. The molecule has 70 valence electrons. The minimum absolute atomic E-state index is 0.152. The summed E-state index contributed by atoms with van der Waals surface area (Å²) < 4.78 is 0. The first-order valence-corrected chi connectivity index (χ1v) is 4.62. The lowest BCUT2D eigenvalue weighted by Crippen LogP contribution is -2.22. The predicted octanol–water partition coefficient (Wildman–Crippen LogP) is 1.93. The Bertz CT molecular complexity index is 246. The van der Waals surface area contributed by atoms with Crippen LogP contribution in [0.1, 0.15) is 24.9 Å². The van der Waals surface area contributed by atoms with E-state index in [2.05, 4.69) is 12.2 Å². The van der Waals surface area contributed by atoms with Crippen LogP contribution in [0.3, 0.4) is 0 Å². The number of carbonyl (C=O) groups is 1. The number of aldehydes is 1. The van der Waals surface area contributed by atoms with Crippen LogP contribution in [0.2, 0.25) is 0 Å². The Morgan fingerprint density at radius 1 is 1.38 bits per heavy atom. The van der Waals surface area contributed by atoms with E-state index < -0.39 is 0 Å². The van der Waals surface area contributed by atoms with E-state index in [0.717, 1.165) is 24.8 Å². The Kier molecular flexibility index (Phi) is 4.19. The molecular weight excluding hydrogens is 162 g/mol. The first-order chi connectivity index (χ1) is 6.38. The van der Waals surface area contributed by atoms with Gasteiger partial charge in [0.2, 0.25) is 0 Å². The molecule has 2 nitrogen and oxygen atoms in total. The highest BCUT2D eigenvalue weighted by molar-refractivity contribution is 5.61. The Morgan fingerprint density at radius 2 is 2.08 bits per heavy atom. The highest BCUT2D eigenvalue weighted by atomic mass is 16.1. The fourth-order valence-electron chi connectivity index (χ4n) is 1.20. The summed E-state index contributed by atoms with van der Waals surface area (Å²) in [5.74, 6) is 0. The van der Waals surface area contributed by atoms with Gasteiger partial charge in [0, 0.05) is 0 Å². The van der Waals surface area contributed by atoms with Crippen LogP contribution in [-0.2, 0) is 4.79 Å². The van der Waals surface area contributed by atoms with E-state index in [-0.39, 0.29) is 6.04 Å². The van der Waals surface area contributed by atoms with Gasteiger partial charge in [-0.3, -0.25) is 0 Å². The molecule has 2 heteroatoms. The summed E-state index contributed by atoms with van der Waals surface area (Å²) in [5.41, 5.74) is 1.03. The quantitative estimate of drug-likeness (QED) is 0.696. The van der Waals surface area contributed by atoms with Crippen molar-refractivity contribution >= 4 is 6.29 Å². The molecule has 0 aromatic heterocycles. The smallest absolute Gasteiger partial charge is 0.141 e. The molecule has 1 N–H and O–H groups in total. The van der Waals surface area contributed by atoms with Gasteiger partial charge >= 0.3 is 0 Å². The number of carbonyl (C=O) groups excluding carboxylic acids is 1. The summed E-state index contributed by atoms with van der Waals surface area (Å²) in [4.78, 5) is 10.7. The third-order valence-corrected chi connectivity index (χ3v) is 1.91. The Labute approximate surface area is 79.0 Å². The average Bonchev–Trinajstić information content (AvgIpc) is 2.21. The molecule has 0 spiro atoms. The monoisotopic (exact) mass is 177 g/mol. The van der Waals surface area contributed by atoms with Gasteiger partial charge in [0.15, 0.2) is 0 Å². The lowest BCUT2D eigenvalue weighted by Gasteiger charge is -2.11. The minimum Gasteiger partial charge on any atom is -0.304 e. The van der Waals surface area contributed by atoms with Crippen molar-refractivity contribution in [1.82, 2.24) is 5.32 Å². The van der Waals surface area contributed by atoms with Crippen molar-refractivity contribution in [3.63, 3.8) is 0 Å². The minimum atomic E-state index is -0.152. The second kappa shape index (κ2) is 5.49. The fraction of sp³-hybridized carbons (Fsp3) is 0.364. The normalized spacial score (nSPS) is 12.4. The summed E-state index contributed by atoms with van der Waals surface area (Å²) in [6.07, 6.45) is 1.99. The molecule has 0 amide bonds. The summed E-state index contributed by atoms with van der Waals surface area (Å²) in [5, 5.41) is 3.17. The second-order valence-electron chi connectivity index (χ2n) is 2.98. The third kappa shape index (κ3) is 2.99. The summed E-state index contributed by atoms with van der Waals surface area (Å²) in [6, 6.07) is 9.61. The molecule has 1 atom stereocenters. The van der Waals surface area contributed by atoms with Gasteiger partial charge in [0.05, 0.1) is 6.04 Å². The van der Waals surface area contributed by atoms with Crippen LogP contribution in [-0.4, -0.2) is 12.8 Å². The molecule has 13 heavy (non-hydrogen) atoms. The SMILES string of the molecule is CCCNC(C=O)c1ccccc1. The molecule has 1 aromatic carbocycles. The average molecular weight is 177 g/mol. The third-order valence-electron chi connectivity index (χ3n) is 1.91. The Balaban J connectivity index is 2.61. The first kappa shape index (κ1) is 9.93. The molecule has 0 bridgehead atoms. The molecule has 0 fully saturated rings. The van der Waals surface area contributed by atoms with Crippen LogP contribution < -0.4 is 5.32 Å². The maximum atomic E-state index is 10.7. The van der Waals surface area contributed by atoms with Crippen LogP contribution in [0.25, 0.3) is 0 Å². The zero-order valence-electron chi connectivity index (χ0n) is 7.86. The van der Waals surface area contributed by atoms with Crippen molar-refractivity contribution in [2.24, 2.45) is 0 Å². The molecule has 0 aliphatic carbocycles. The van der Waals surface area contributed by atoms with Crippen molar-refractivity contribution < 1.29 is 4.79 Å². The molecule has 0 saturated heterocycles. The number of hydrogen-bond donors (Lipinski definition) is 1. The van der Waals surface area contributed by atoms with E-state index in [9.17, 15) is 4.79 Å². The van der Waals surface area contributed by atoms with Crippen molar-refractivity contribution in [2.75, 3.05) is 6.54 Å². The van der Waals surface area contributed by atoms with Crippen molar-refractivity contribution in [3.05, 3.63) is 35.9 Å². The topological polar surface area (TPSA) is 29.1 Å². The number of nitrogens with one attached hydrogen (secondary N) is 1. The summed E-state index contributed by atoms with van der Waals surface area (Å²) >= 11 is 0. The van der Waals surface area contributed by atoms with Gasteiger partial charge in [-0.2, -0.15) is 0 Å². The van der Waals surface area contributed by atoms with E-state index in [1.165, 1.54) is 0 Å². The lowest BCUT2D eigenvalue weighted by atomic mass is 10.1. The van der Waals surface area contributed by atoms with Crippen LogP contribution in [0.15, 0.2) is 30.3 Å². The molecule has 1 unspecified atom stereocenters. The van der Waals surface area contributed by atoms with Crippen LogP contribution >= 0.6 is 0 Å². The van der Waals surface area contributed by atoms with Crippen molar-refractivity contribution in [1.29, 1.82) is 0 Å². The highest BCUT2D eigenvalue weighted by Crippen LogP contribution is 2.09. The van der Waals surface area contributed by atoms with Crippen LogP contribution in [0.5, 0.6) is 0 Å². The standard InChI is InChI=1S/C11H15NO/c1-2-8-12-11(9-13)10-6-4-3-5-7-10/h3-7,9,11-12H,2,8H2,1H3. The van der Waals surface area contributed by atoms with Gasteiger partial charge in [-0.05, 0) is 18.5 Å². The summed E-state index contributed by atoms with van der Waals surface area (Å²) in [7, 11) is 0. The molecule has 0 saturated carbocycles. The fourth-order valence-corrected chi connectivity index (χ4v) is 1.20. The van der Waals surface area contributed by atoms with Crippen LogP contribution in [0, 0.1) is 0 Å². The summed E-state index contributed by atoms with van der Waals surface area (Å²) in [6.45, 7) is 2.96.